The zero-order valence-electron chi connectivity index (χ0n) is 15.6. The van der Waals surface area contributed by atoms with E-state index in [2.05, 4.69) is 16.0 Å². The van der Waals surface area contributed by atoms with Gasteiger partial charge in [0.25, 0.3) is 0 Å². The highest BCUT2D eigenvalue weighted by Crippen LogP contribution is 1.82. The first-order valence-corrected chi connectivity index (χ1v) is 9.34. The molecular formula is C17H37N5O3. The molecule has 8 heteroatoms. The van der Waals surface area contributed by atoms with Gasteiger partial charge in [0, 0.05) is 45.9 Å². The van der Waals surface area contributed by atoms with Gasteiger partial charge in [-0.2, -0.15) is 5.26 Å². The zero-order valence-corrected chi connectivity index (χ0v) is 15.6. The smallest absolute Gasteiger partial charge is 0.0645 e. The predicted molar refractivity (Wildman–Crippen MR) is 99.6 cm³/mol. The Morgan fingerprint density at radius 3 is 1.72 bits per heavy atom. The van der Waals surface area contributed by atoms with E-state index in [1.54, 1.807) is 0 Å². The second-order valence-electron chi connectivity index (χ2n) is 5.49. The first-order chi connectivity index (χ1) is 12.4. The van der Waals surface area contributed by atoms with Crippen molar-refractivity contribution in [1.82, 2.24) is 16.0 Å². The molecule has 8 nitrogen and oxygen atoms in total. The first-order valence-electron chi connectivity index (χ1n) is 9.34. The Kier molecular flexibility index (Phi) is 22.5. The van der Waals surface area contributed by atoms with Crippen molar-refractivity contribution >= 4 is 0 Å². The van der Waals surface area contributed by atoms with E-state index in [1.807, 2.05) is 6.07 Å². The van der Waals surface area contributed by atoms with Crippen molar-refractivity contribution in [2.45, 2.75) is 19.3 Å². The van der Waals surface area contributed by atoms with Crippen LogP contribution in [0.2, 0.25) is 0 Å². The molecule has 148 valence electrons. The summed E-state index contributed by atoms with van der Waals surface area (Å²) in [4.78, 5) is 0. The molecule has 0 heterocycles. The minimum Gasteiger partial charge on any atom is -0.380 e. The summed E-state index contributed by atoms with van der Waals surface area (Å²) in [5.74, 6) is 0. The average molecular weight is 360 g/mol. The molecule has 0 bridgehead atoms. The monoisotopic (exact) mass is 359 g/mol. The maximum atomic E-state index is 8.35. The van der Waals surface area contributed by atoms with E-state index in [-0.39, 0.29) is 0 Å². The lowest BCUT2D eigenvalue weighted by Gasteiger charge is -2.08. The van der Waals surface area contributed by atoms with Gasteiger partial charge in [0.1, 0.15) is 0 Å². The Bertz CT molecular complexity index is 290. The fraction of sp³-hybridized carbons (Fsp3) is 0.941. The number of nitriles is 1. The van der Waals surface area contributed by atoms with Crippen LogP contribution in [0.5, 0.6) is 0 Å². The summed E-state index contributed by atoms with van der Waals surface area (Å²) in [6.07, 6.45) is 2.38. The average Bonchev–Trinajstić information content (AvgIpc) is 2.63. The van der Waals surface area contributed by atoms with Crippen molar-refractivity contribution in [2.75, 3.05) is 85.5 Å². The topological polar surface area (TPSA) is 114 Å². The van der Waals surface area contributed by atoms with Crippen molar-refractivity contribution in [2.24, 2.45) is 5.73 Å². The molecule has 0 saturated carbocycles. The molecule has 0 atom stereocenters. The maximum Gasteiger partial charge on any atom is 0.0645 e. The van der Waals surface area contributed by atoms with E-state index in [0.29, 0.717) is 26.2 Å². The van der Waals surface area contributed by atoms with Gasteiger partial charge in [0.2, 0.25) is 0 Å². The molecular weight excluding hydrogens is 322 g/mol. The molecule has 0 aromatic carbocycles. The normalized spacial score (nSPS) is 10.9. The largest absolute Gasteiger partial charge is 0.380 e. The summed E-state index contributed by atoms with van der Waals surface area (Å²) in [6, 6.07) is 2.05. The lowest BCUT2D eigenvalue weighted by molar-refractivity contribution is 0.128. The minimum atomic E-state index is 0.460. The van der Waals surface area contributed by atoms with Gasteiger partial charge in [-0.15, -0.1) is 0 Å². The molecule has 0 aromatic heterocycles. The van der Waals surface area contributed by atoms with E-state index in [0.717, 1.165) is 78.5 Å². The number of nitrogens with two attached hydrogens (primary N) is 1. The van der Waals surface area contributed by atoms with Gasteiger partial charge in [-0.1, -0.05) is 0 Å². The van der Waals surface area contributed by atoms with Gasteiger partial charge in [-0.25, -0.2) is 0 Å². The van der Waals surface area contributed by atoms with Crippen LogP contribution in [0.1, 0.15) is 19.3 Å². The third kappa shape index (κ3) is 23.2. The van der Waals surface area contributed by atoms with Gasteiger partial charge in [-0.3, -0.25) is 0 Å². The summed E-state index contributed by atoms with van der Waals surface area (Å²) >= 11 is 0. The van der Waals surface area contributed by atoms with E-state index in [1.165, 1.54) is 0 Å². The van der Waals surface area contributed by atoms with E-state index < -0.39 is 0 Å². The molecule has 0 aliphatic carbocycles. The Labute approximate surface area is 152 Å². The number of ether oxygens (including phenoxy) is 3. The maximum absolute atomic E-state index is 8.35. The Morgan fingerprint density at radius 2 is 1.16 bits per heavy atom. The molecule has 0 unspecified atom stereocenters. The van der Waals surface area contributed by atoms with Crippen molar-refractivity contribution in [1.29, 1.82) is 5.26 Å². The second-order valence-corrected chi connectivity index (χ2v) is 5.49. The van der Waals surface area contributed by atoms with Gasteiger partial charge in [0.05, 0.1) is 38.9 Å². The number of rotatable bonds is 21. The van der Waals surface area contributed by atoms with Crippen molar-refractivity contribution in [3.63, 3.8) is 0 Å². The van der Waals surface area contributed by atoms with Crippen LogP contribution in [-0.2, 0) is 14.2 Å². The lowest BCUT2D eigenvalue weighted by Crippen LogP contribution is -2.31. The van der Waals surface area contributed by atoms with Crippen LogP contribution in [0.15, 0.2) is 0 Å². The Hall–Kier alpha value is -0.790. The lowest BCUT2D eigenvalue weighted by atomic mass is 10.4. The molecule has 0 fully saturated rings. The number of nitrogens with one attached hydrogen (secondary N) is 3. The van der Waals surface area contributed by atoms with Crippen LogP contribution in [-0.4, -0.2) is 85.5 Å². The molecule has 0 aliphatic rings. The fourth-order valence-electron chi connectivity index (χ4n) is 1.89. The van der Waals surface area contributed by atoms with Crippen LogP contribution < -0.4 is 21.7 Å². The highest BCUT2D eigenvalue weighted by molar-refractivity contribution is 4.67. The molecule has 25 heavy (non-hydrogen) atoms. The fourth-order valence-corrected chi connectivity index (χ4v) is 1.89. The third-order valence-electron chi connectivity index (χ3n) is 3.24. The molecule has 0 rings (SSSR count). The molecule has 5 N–H and O–H groups in total. The molecule has 0 aliphatic heterocycles. The summed E-state index contributed by atoms with van der Waals surface area (Å²) in [6.45, 7) is 10.2. The van der Waals surface area contributed by atoms with Crippen LogP contribution in [0.4, 0.5) is 0 Å². The van der Waals surface area contributed by atoms with Crippen LogP contribution in [0, 0.1) is 11.3 Å². The summed E-state index contributed by atoms with van der Waals surface area (Å²) < 4.78 is 16.2. The van der Waals surface area contributed by atoms with Crippen molar-refractivity contribution in [3.05, 3.63) is 0 Å². The molecule has 0 amide bonds. The van der Waals surface area contributed by atoms with E-state index in [9.17, 15) is 0 Å². The second kappa shape index (κ2) is 23.2. The van der Waals surface area contributed by atoms with Gasteiger partial charge in [0.15, 0.2) is 0 Å². The van der Waals surface area contributed by atoms with E-state index >= 15 is 0 Å². The van der Waals surface area contributed by atoms with Gasteiger partial charge >= 0.3 is 0 Å². The standard InChI is InChI=1S/C17H37N5O3/c18-4-1-12-23-15-9-20-6-3-14-25-17-11-22-8-7-21-10-16-24-13-2-5-19/h20-22H,1-3,5-17,19H2. The summed E-state index contributed by atoms with van der Waals surface area (Å²) in [5, 5.41) is 18.3. The highest BCUT2D eigenvalue weighted by atomic mass is 16.5. The Morgan fingerprint density at radius 1 is 0.640 bits per heavy atom. The van der Waals surface area contributed by atoms with Crippen molar-refractivity contribution in [3.8, 4) is 6.07 Å². The predicted octanol–water partition coefficient (Wildman–Crippen LogP) is -0.542. The van der Waals surface area contributed by atoms with E-state index in [4.69, 9.17) is 25.2 Å². The molecule has 0 aromatic rings. The SMILES string of the molecule is N#CCCOCCNCCCOCCNCCNCCOCCCN. The van der Waals surface area contributed by atoms with Crippen LogP contribution in [0.3, 0.4) is 0 Å². The quantitative estimate of drug-likeness (QED) is 0.202. The molecule has 0 spiro atoms. The third-order valence-corrected chi connectivity index (χ3v) is 3.24. The first kappa shape index (κ1) is 24.2. The molecule has 0 saturated heterocycles. The summed E-state index contributed by atoms with van der Waals surface area (Å²) in [5.41, 5.74) is 5.38. The number of nitrogens with zero attached hydrogens (tertiary/aromatic N) is 1. The Balaban J connectivity index is 2.95. The molecule has 0 radical (unpaired) electrons. The van der Waals surface area contributed by atoms with Gasteiger partial charge in [-0.05, 0) is 25.9 Å². The summed E-state index contributed by atoms with van der Waals surface area (Å²) in [7, 11) is 0. The number of hydrogen-bond donors (Lipinski definition) is 4. The minimum absolute atomic E-state index is 0.460. The van der Waals surface area contributed by atoms with Crippen molar-refractivity contribution < 1.29 is 14.2 Å². The van der Waals surface area contributed by atoms with Crippen LogP contribution in [0.25, 0.3) is 0 Å². The zero-order chi connectivity index (χ0) is 18.3. The highest BCUT2D eigenvalue weighted by Gasteiger charge is 1.93. The number of hydrogen-bond acceptors (Lipinski definition) is 8. The van der Waals surface area contributed by atoms with Gasteiger partial charge < -0.3 is 35.9 Å². The van der Waals surface area contributed by atoms with Crippen LogP contribution >= 0.6 is 0 Å².